The SMILES string of the molecule is CCCNC1CCN(C2CCCc3sccc32)C1. The summed E-state index contributed by atoms with van der Waals surface area (Å²) < 4.78 is 0. The molecule has 2 nitrogen and oxygen atoms in total. The summed E-state index contributed by atoms with van der Waals surface area (Å²) in [6, 6.07) is 3.82. The summed E-state index contributed by atoms with van der Waals surface area (Å²) in [5, 5.41) is 5.96. The van der Waals surface area contributed by atoms with Crippen LogP contribution in [0.5, 0.6) is 0 Å². The van der Waals surface area contributed by atoms with Gasteiger partial charge in [0.15, 0.2) is 0 Å². The van der Waals surface area contributed by atoms with E-state index in [1.165, 1.54) is 51.7 Å². The first-order valence-electron chi connectivity index (χ1n) is 7.42. The fraction of sp³-hybridized carbons (Fsp3) is 0.733. The smallest absolute Gasteiger partial charge is 0.0359 e. The number of thiophene rings is 1. The fourth-order valence-electron chi connectivity index (χ4n) is 3.43. The Kier molecular flexibility index (Phi) is 4.02. The largest absolute Gasteiger partial charge is 0.313 e. The topological polar surface area (TPSA) is 15.3 Å². The maximum atomic E-state index is 3.68. The number of fused-ring (bicyclic) bond motifs is 1. The van der Waals surface area contributed by atoms with Crippen molar-refractivity contribution in [3.05, 3.63) is 21.9 Å². The summed E-state index contributed by atoms with van der Waals surface area (Å²) in [6.45, 7) is 5.95. The van der Waals surface area contributed by atoms with Crippen LogP contribution in [-0.4, -0.2) is 30.6 Å². The van der Waals surface area contributed by atoms with Crippen molar-refractivity contribution in [3.63, 3.8) is 0 Å². The van der Waals surface area contributed by atoms with E-state index in [1.54, 1.807) is 10.4 Å². The van der Waals surface area contributed by atoms with Crippen LogP contribution in [0.3, 0.4) is 0 Å². The van der Waals surface area contributed by atoms with Gasteiger partial charge in [0.05, 0.1) is 0 Å². The minimum atomic E-state index is 0.716. The van der Waals surface area contributed by atoms with E-state index >= 15 is 0 Å². The van der Waals surface area contributed by atoms with Gasteiger partial charge in [-0.3, -0.25) is 4.90 Å². The Bertz CT molecular complexity index is 388. The van der Waals surface area contributed by atoms with Crippen LogP contribution >= 0.6 is 11.3 Å². The Morgan fingerprint density at radius 2 is 2.39 bits per heavy atom. The molecule has 3 heteroatoms. The molecular formula is C15H24N2S. The molecule has 2 heterocycles. The van der Waals surface area contributed by atoms with Gasteiger partial charge in [0.1, 0.15) is 0 Å². The zero-order valence-corrected chi connectivity index (χ0v) is 12.1. The van der Waals surface area contributed by atoms with E-state index in [-0.39, 0.29) is 0 Å². The Morgan fingerprint density at radius 3 is 3.28 bits per heavy atom. The highest BCUT2D eigenvalue weighted by atomic mass is 32.1. The Balaban J connectivity index is 1.64. The summed E-state index contributed by atoms with van der Waals surface area (Å²) in [4.78, 5) is 4.37. The summed E-state index contributed by atoms with van der Waals surface area (Å²) in [5.74, 6) is 0. The van der Waals surface area contributed by atoms with Gasteiger partial charge in [-0.15, -0.1) is 11.3 Å². The van der Waals surface area contributed by atoms with E-state index in [0.717, 1.165) is 6.04 Å². The molecule has 0 bridgehead atoms. The van der Waals surface area contributed by atoms with Gasteiger partial charge in [-0.2, -0.15) is 0 Å². The van der Waals surface area contributed by atoms with Crippen LogP contribution < -0.4 is 5.32 Å². The summed E-state index contributed by atoms with van der Waals surface area (Å²) in [5.41, 5.74) is 1.64. The fourth-order valence-corrected chi connectivity index (χ4v) is 4.41. The van der Waals surface area contributed by atoms with Gasteiger partial charge in [0.25, 0.3) is 0 Å². The molecule has 100 valence electrons. The van der Waals surface area contributed by atoms with Crippen molar-refractivity contribution in [1.82, 2.24) is 10.2 Å². The molecule has 2 aliphatic rings. The molecule has 3 rings (SSSR count). The molecule has 0 aromatic carbocycles. The number of aryl methyl sites for hydroxylation is 1. The highest BCUT2D eigenvalue weighted by Crippen LogP contribution is 2.38. The summed E-state index contributed by atoms with van der Waals surface area (Å²) >= 11 is 1.96. The second-order valence-electron chi connectivity index (χ2n) is 5.64. The summed E-state index contributed by atoms with van der Waals surface area (Å²) in [6.07, 6.45) is 6.63. The lowest BCUT2D eigenvalue weighted by atomic mass is 9.93. The molecule has 1 aliphatic heterocycles. The molecule has 1 aliphatic carbocycles. The average molecular weight is 264 g/mol. The molecule has 1 N–H and O–H groups in total. The molecule has 1 fully saturated rings. The van der Waals surface area contributed by atoms with Crippen LogP contribution in [0, 0.1) is 0 Å². The molecule has 2 unspecified atom stereocenters. The third kappa shape index (κ3) is 2.49. The molecular weight excluding hydrogens is 240 g/mol. The lowest BCUT2D eigenvalue weighted by Crippen LogP contribution is -2.35. The molecule has 1 aromatic rings. The Hall–Kier alpha value is -0.380. The van der Waals surface area contributed by atoms with Crippen LogP contribution in [0.15, 0.2) is 11.4 Å². The van der Waals surface area contributed by atoms with Crippen LogP contribution in [0.25, 0.3) is 0 Å². The van der Waals surface area contributed by atoms with E-state index in [1.807, 2.05) is 11.3 Å². The molecule has 1 saturated heterocycles. The molecule has 0 amide bonds. The second kappa shape index (κ2) is 5.72. The number of likely N-dealkylation sites (tertiary alicyclic amines) is 1. The van der Waals surface area contributed by atoms with E-state index in [9.17, 15) is 0 Å². The first kappa shape index (κ1) is 12.6. The predicted molar refractivity (Wildman–Crippen MR) is 78.3 cm³/mol. The minimum Gasteiger partial charge on any atom is -0.313 e. The van der Waals surface area contributed by atoms with Gasteiger partial charge in [-0.25, -0.2) is 0 Å². The van der Waals surface area contributed by atoms with Crippen LogP contribution in [0.1, 0.15) is 49.1 Å². The summed E-state index contributed by atoms with van der Waals surface area (Å²) in [7, 11) is 0. The van der Waals surface area contributed by atoms with Crippen molar-refractivity contribution in [2.75, 3.05) is 19.6 Å². The lowest BCUT2D eigenvalue weighted by molar-refractivity contribution is 0.217. The van der Waals surface area contributed by atoms with Gasteiger partial charge in [-0.1, -0.05) is 6.92 Å². The standard InChI is InChI=1S/C15H24N2S/c1-2-8-16-12-6-9-17(11-12)14-4-3-5-15-13(14)7-10-18-15/h7,10,12,14,16H,2-6,8-9,11H2,1H3. The predicted octanol–water partition coefficient (Wildman–Crippen LogP) is 3.20. The zero-order valence-electron chi connectivity index (χ0n) is 11.3. The molecule has 0 radical (unpaired) electrons. The maximum absolute atomic E-state index is 3.68. The third-order valence-corrected chi connectivity index (χ3v) is 5.36. The highest BCUT2D eigenvalue weighted by molar-refractivity contribution is 7.10. The first-order valence-corrected chi connectivity index (χ1v) is 8.30. The third-order valence-electron chi connectivity index (χ3n) is 4.36. The number of nitrogens with zero attached hydrogens (tertiary/aromatic N) is 1. The molecule has 2 atom stereocenters. The number of hydrogen-bond donors (Lipinski definition) is 1. The van der Waals surface area contributed by atoms with Gasteiger partial charge >= 0.3 is 0 Å². The number of hydrogen-bond acceptors (Lipinski definition) is 3. The minimum absolute atomic E-state index is 0.716. The first-order chi connectivity index (χ1) is 8.88. The normalized spacial score (nSPS) is 28.5. The maximum Gasteiger partial charge on any atom is 0.0359 e. The van der Waals surface area contributed by atoms with E-state index in [2.05, 4.69) is 28.6 Å². The molecule has 0 saturated carbocycles. The van der Waals surface area contributed by atoms with Gasteiger partial charge in [0, 0.05) is 30.1 Å². The van der Waals surface area contributed by atoms with E-state index < -0.39 is 0 Å². The van der Waals surface area contributed by atoms with Crippen molar-refractivity contribution in [2.24, 2.45) is 0 Å². The molecule has 1 aromatic heterocycles. The van der Waals surface area contributed by atoms with Crippen LogP contribution in [0.2, 0.25) is 0 Å². The van der Waals surface area contributed by atoms with Gasteiger partial charge < -0.3 is 5.32 Å². The molecule has 18 heavy (non-hydrogen) atoms. The second-order valence-corrected chi connectivity index (χ2v) is 6.64. The average Bonchev–Trinajstić information content (AvgIpc) is 3.04. The monoisotopic (exact) mass is 264 g/mol. The van der Waals surface area contributed by atoms with E-state index in [4.69, 9.17) is 0 Å². The van der Waals surface area contributed by atoms with Crippen molar-refractivity contribution in [2.45, 2.75) is 51.1 Å². The van der Waals surface area contributed by atoms with Crippen molar-refractivity contribution in [3.8, 4) is 0 Å². The Labute approximate surface area is 114 Å². The quantitative estimate of drug-likeness (QED) is 0.898. The van der Waals surface area contributed by atoms with Crippen molar-refractivity contribution >= 4 is 11.3 Å². The number of nitrogens with one attached hydrogen (secondary N) is 1. The van der Waals surface area contributed by atoms with Crippen LogP contribution in [-0.2, 0) is 6.42 Å². The van der Waals surface area contributed by atoms with E-state index in [0.29, 0.717) is 6.04 Å². The molecule has 0 spiro atoms. The number of rotatable bonds is 4. The highest BCUT2D eigenvalue weighted by Gasteiger charge is 2.31. The Morgan fingerprint density at radius 1 is 1.44 bits per heavy atom. The van der Waals surface area contributed by atoms with Crippen molar-refractivity contribution < 1.29 is 0 Å². The van der Waals surface area contributed by atoms with Crippen LogP contribution in [0.4, 0.5) is 0 Å². The zero-order chi connectivity index (χ0) is 12.4. The lowest BCUT2D eigenvalue weighted by Gasteiger charge is -2.31. The van der Waals surface area contributed by atoms with Gasteiger partial charge in [-0.05, 0) is 55.7 Å². The van der Waals surface area contributed by atoms with Gasteiger partial charge in [0.2, 0.25) is 0 Å². The van der Waals surface area contributed by atoms with Crippen molar-refractivity contribution in [1.29, 1.82) is 0 Å².